The molecule has 21 heavy (non-hydrogen) atoms. The molecule has 0 saturated carbocycles. The number of halogens is 5. The summed E-state index contributed by atoms with van der Waals surface area (Å²) in [6.45, 7) is 0. The normalized spacial score (nSPS) is 12.5. The van der Waals surface area contributed by atoms with Crippen molar-refractivity contribution in [3.63, 3.8) is 0 Å². The molecule has 1 nitrogen and oxygen atoms in total. The van der Waals surface area contributed by atoms with E-state index in [2.05, 4.69) is 21.2 Å². The third-order valence-corrected chi connectivity index (χ3v) is 4.59. The van der Waals surface area contributed by atoms with Crippen LogP contribution in [0.15, 0.2) is 34.8 Å². The van der Waals surface area contributed by atoms with E-state index in [0.29, 0.717) is 10.0 Å². The number of benzene rings is 2. The van der Waals surface area contributed by atoms with Crippen molar-refractivity contribution in [3.8, 4) is 0 Å². The summed E-state index contributed by atoms with van der Waals surface area (Å²) < 4.78 is 28.1. The van der Waals surface area contributed by atoms with Crippen molar-refractivity contribution in [2.75, 3.05) is 7.05 Å². The van der Waals surface area contributed by atoms with Crippen LogP contribution < -0.4 is 5.32 Å². The average Bonchev–Trinajstić information content (AvgIpc) is 2.47. The number of nitrogens with one attached hydrogen (secondary N) is 1. The topological polar surface area (TPSA) is 12.0 Å². The molecule has 2 aromatic rings. The van der Waals surface area contributed by atoms with Gasteiger partial charge in [0.15, 0.2) is 0 Å². The van der Waals surface area contributed by atoms with Crippen LogP contribution in [0.4, 0.5) is 8.78 Å². The van der Waals surface area contributed by atoms with E-state index in [1.54, 1.807) is 25.2 Å². The second kappa shape index (κ2) is 7.05. The Morgan fingerprint density at radius 2 is 1.86 bits per heavy atom. The largest absolute Gasteiger partial charge is 0.313 e. The minimum Gasteiger partial charge on any atom is -0.313 e. The summed E-state index contributed by atoms with van der Waals surface area (Å²) in [5.41, 5.74) is 0.834. The van der Waals surface area contributed by atoms with Gasteiger partial charge in [-0.05, 0) is 59.2 Å². The highest BCUT2D eigenvalue weighted by Crippen LogP contribution is 2.29. The smallest absolute Gasteiger partial charge is 0.143 e. The summed E-state index contributed by atoms with van der Waals surface area (Å²) >= 11 is 14.9. The van der Waals surface area contributed by atoms with E-state index in [4.69, 9.17) is 23.2 Å². The Balaban J connectivity index is 2.35. The van der Waals surface area contributed by atoms with Crippen LogP contribution in [0.2, 0.25) is 10.0 Å². The Morgan fingerprint density at radius 3 is 2.48 bits per heavy atom. The number of likely N-dealkylation sites (N-methyl/N-ethyl adjacent to an activating group) is 1. The monoisotopic (exact) mass is 393 g/mol. The SMILES string of the molecule is CNC(Cc1c(F)ccc(Br)c1F)c1ccc(Cl)c(Cl)c1. The Kier molecular flexibility index (Phi) is 5.60. The van der Waals surface area contributed by atoms with Crippen molar-refractivity contribution in [2.45, 2.75) is 12.5 Å². The zero-order valence-electron chi connectivity index (χ0n) is 11.1. The molecular formula is C15H12BrCl2F2N. The van der Waals surface area contributed by atoms with E-state index >= 15 is 0 Å². The molecule has 0 saturated heterocycles. The lowest BCUT2D eigenvalue weighted by Crippen LogP contribution is -2.20. The van der Waals surface area contributed by atoms with Crippen LogP contribution in [0.5, 0.6) is 0 Å². The molecule has 0 spiro atoms. The van der Waals surface area contributed by atoms with Gasteiger partial charge in [-0.15, -0.1) is 0 Å². The molecule has 112 valence electrons. The molecule has 0 heterocycles. The molecule has 2 aromatic carbocycles. The molecule has 0 amide bonds. The summed E-state index contributed by atoms with van der Waals surface area (Å²) in [6, 6.07) is 7.45. The lowest BCUT2D eigenvalue weighted by molar-refractivity contribution is 0.512. The van der Waals surface area contributed by atoms with Gasteiger partial charge in [0.25, 0.3) is 0 Å². The third kappa shape index (κ3) is 3.75. The van der Waals surface area contributed by atoms with Crippen LogP contribution in [0.25, 0.3) is 0 Å². The fourth-order valence-electron chi connectivity index (χ4n) is 2.08. The van der Waals surface area contributed by atoms with E-state index in [1.807, 2.05) is 0 Å². The maximum atomic E-state index is 14.1. The number of hydrogen-bond acceptors (Lipinski definition) is 1. The van der Waals surface area contributed by atoms with Crippen molar-refractivity contribution < 1.29 is 8.78 Å². The minimum absolute atomic E-state index is 0.0230. The highest BCUT2D eigenvalue weighted by atomic mass is 79.9. The molecule has 2 rings (SSSR count). The first kappa shape index (κ1) is 16.7. The molecule has 0 bridgehead atoms. The molecule has 0 aliphatic carbocycles. The Morgan fingerprint density at radius 1 is 1.14 bits per heavy atom. The number of hydrogen-bond donors (Lipinski definition) is 1. The van der Waals surface area contributed by atoms with Gasteiger partial charge >= 0.3 is 0 Å². The fraction of sp³-hybridized carbons (Fsp3) is 0.200. The predicted octanol–water partition coefficient (Wildman–Crippen LogP) is 5.54. The molecule has 0 fully saturated rings. The molecule has 1 N–H and O–H groups in total. The first-order valence-corrected chi connectivity index (χ1v) is 7.73. The van der Waals surface area contributed by atoms with Crippen molar-refractivity contribution >= 4 is 39.1 Å². The zero-order valence-corrected chi connectivity index (χ0v) is 14.2. The third-order valence-electron chi connectivity index (χ3n) is 3.24. The first-order valence-electron chi connectivity index (χ1n) is 6.18. The minimum atomic E-state index is -0.588. The molecule has 0 aromatic heterocycles. The van der Waals surface area contributed by atoms with Crippen LogP contribution in [0.1, 0.15) is 17.2 Å². The summed E-state index contributed by atoms with van der Waals surface area (Å²) in [7, 11) is 1.72. The Hall–Kier alpha value is -0.680. The molecule has 1 unspecified atom stereocenters. The van der Waals surface area contributed by atoms with Gasteiger partial charge < -0.3 is 5.32 Å². The van der Waals surface area contributed by atoms with E-state index in [-0.39, 0.29) is 22.5 Å². The fourth-order valence-corrected chi connectivity index (χ4v) is 2.75. The van der Waals surface area contributed by atoms with Gasteiger partial charge in [-0.25, -0.2) is 8.78 Å². The summed E-state index contributed by atoms with van der Waals surface area (Å²) in [5, 5.41) is 3.88. The molecule has 0 aliphatic rings. The summed E-state index contributed by atoms with van der Waals surface area (Å²) in [5.74, 6) is -1.16. The summed E-state index contributed by atoms with van der Waals surface area (Å²) in [4.78, 5) is 0. The first-order chi connectivity index (χ1) is 9.93. The standard InChI is InChI=1S/C15H12BrCl2F2N/c1-21-14(8-2-4-11(17)12(18)6-8)7-9-13(19)5-3-10(16)15(9)20/h2-6,14,21H,7H2,1H3. The van der Waals surface area contributed by atoms with Crippen LogP contribution in [-0.2, 0) is 6.42 Å². The molecule has 6 heteroatoms. The Labute approximate surface area is 140 Å². The molecular weight excluding hydrogens is 383 g/mol. The molecule has 1 atom stereocenters. The predicted molar refractivity (Wildman–Crippen MR) is 86.0 cm³/mol. The molecule has 0 radical (unpaired) electrons. The lowest BCUT2D eigenvalue weighted by Gasteiger charge is -2.18. The van der Waals surface area contributed by atoms with Gasteiger partial charge in [0, 0.05) is 11.6 Å². The lowest BCUT2D eigenvalue weighted by atomic mass is 9.98. The van der Waals surface area contributed by atoms with Crippen molar-refractivity contribution in [1.82, 2.24) is 5.32 Å². The van der Waals surface area contributed by atoms with Crippen LogP contribution in [0.3, 0.4) is 0 Å². The van der Waals surface area contributed by atoms with E-state index in [9.17, 15) is 8.78 Å². The zero-order chi connectivity index (χ0) is 15.6. The van der Waals surface area contributed by atoms with Gasteiger partial charge in [0.05, 0.1) is 14.5 Å². The second-order valence-electron chi connectivity index (χ2n) is 4.54. The average molecular weight is 395 g/mol. The summed E-state index contributed by atoms with van der Waals surface area (Å²) in [6.07, 6.45) is 0.158. The highest BCUT2D eigenvalue weighted by Gasteiger charge is 2.18. The van der Waals surface area contributed by atoms with Crippen molar-refractivity contribution in [2.24, 2.45) is 0 Å². The quantitative estimate of drug-likeness (QED) is 0.671. The van der Waals surface area contributed by atoms with Gasteiger partial charge in [-0.3, -0.25) is 0 Å². The maximum absolute atomic E-state index is 14.1. The van der Waals surface area contributed by atoms with Crippen LogP contribution in [-0.4, -0.2) is 7.05 Å². The van der Waals surface area contributed by atoms with Gasteiger partial charge in [0.2, 0.25) is 0 Å². The van der Waals surface area contributed by atoms with Crippen LogP contribution >= 0.6 is 39.1 Å². The van der Waals surface area contributed by atoms with Gasteiger partial charge in [0.1, 0.15) is 11.6 Å². The van der Waals surface area contributed by atoms with Gasteiger partial charge in [-0.1, -0.05) is 29.3 Å². The highest BCUT2D eigenvalue weighted by molar-refractivity contribution is 9.10. The van der Waals surface area contributed by atoms with Crippen molar-refractivity contribution in [3.05, 3.63) is 67.6 Å². The van der Waals surface area contributed by atoms with E-state index in [0.717, 1.165) is 5.56 Å². The maximum Gasteiger partial charge on any atom is 0.143 e. The Bertz CT molecular complexity index is 664. The second-order valence-corrected chi connectivity index (χ2v) is 6.21. The van der Waals surface area contributed by atoms with E-state index in [1.165, 1.54) is 12.1 Å². The van der Waals surface area contributed by atoms with Crippen molar-refractivity contribution in [1.29, 1.82) is 0 Å². The molecule has 0 aliphatic heterocycles. The van der Waals surface area contributed by atoms with E-state index < -0.39 is 11.6 Å². The number of rotatable bonds is 4. The van der Waals surface area contributed by atoms with Crippen LogP contribution in [0, 0.1) is 11.6 Å². The van der Waals surface area contributed by atoms with Gasteiger partial charge in [-0.2, -0.15) is 0 Å².